The number of likely N-dealkylation sites (N-methyl/N-ethyl adjacent to an activating group) is 1. The van der Waals surface area contributed by atoms with Crippen molar-refractivity contribution in [3.8, 4) is 0 Å². The maximum Gasteiger partial charge on any atom is 0.241 e. The Morgan fingerprint density at radius 1 is 1.41 bits per heavy atom. The standard InChI is InChI=1S/C16H18ClFN2O2/c1-10-4-6-13(22-10)9-20(3)11(2)16(21)19-15-7-5-12(18)8-14(15)17/h4-8,11H,9H2,1-3H3,(H,19,21)/t11-/m1/s1. The van der Waals surface area contributed by atoms with Crippen molar-refractivity contribution < 1.29 is 13.6 Å². The molecule has 1 amide bonds. The van der Waals surface area contributed by atoms with E-state index >= 15 is 0 Å². The fourth-order valence-electron chi connectivity index (χ4n) is 1.98. The van der Waals surface area contributed by atoms with E-state index in [1.165, 1.54) is 12.1 Å². The molecular formula is C16H18ClFN2O2. The van der Waals surface area contributed by atoms with E-state index in [1.54, 1.807) is 6.92 Å². The van der Waals surface area contributed by atoms with Crippen molar-refractivity contribution in [3.63, 3.8) is 0 Å². The SMILES string of the molecule is Cc1ccc(CN(C)[C@H](C)C(=O)Nc2ccc(F)cc2Cl)o1. The van der Waals surface area contributed by atoms with Crippen molar-refractivity contribution in [2.75, 3.05) is 12.4 Å². The van der Waals surface area contributed by atoms with Gasteiger partial charge in [-0.2, -0.15) is 0 Å². The van der Waals surface area contributed by atoms with Gasteiger partial charge in [-0.3, -0.25) is 9.69 Å². The van der Waals surface area contributed by atoms with Gasteiger partial charge in [-0.25, -0.2) is 4.39 Å². The van der Waals surface area contributed by atoms with Crippen LogP contribution in [0.3, 0.4) is 0 Å². The molecule has 1 heterocycles. The van der Waals surface area contributed by atoms with Crippen LogP contribution in [0.5, 0.6) is 0 Å². The van der Waals surface area contributed by atoms with Gasteiger partial charge in [0.25, 0.3) is 0 Å². The number of halogens is 2. The Morgan fingerprint density at radius 2 is 2.14 bits per heavy atom. The van der Waals surface area contributed by atoms with E-state index < -0.39 is 11.9 Å². The molecule has 0 saturated carbocycles. The van der Waals surface area contributed by atoms with E-state index in [1.807, 2.05) is 31.0 Å². The van der Waals surface area contributed by atoms with Gasteiger partial charge < -0.3 is 9.73 Å². The average molecular weight is 325 g/mol. The van der Waals surface area contributed by atoms with Crippen LogP contribution in [0.1, 0.15) is 18.4 Å². The monoisotopic (exact) mass is 324 g/mol. The summed E-state index contributed by atoms with van der Waals surface area (Å²) in [6.07, 6.45) is 0. The number of nitrogens with zero attached hydrogens (tertiary/aromatic N) is 1. The van der Waals surface area contributed by atoms with Crippen LogP contribution in [-0.4, -0.2) is 23.9 Å². The summed E-state index contributed by atoms with van der Waals surface area (Å²) in [6.45, 7) is 4.16. The summed E-state index contributed by atoms with van der Waals surface area (Å²) in [6, 6.07) is 7.22. The van der Waals surface area contributed by atoms with Crippen LogP contribution in [0.4, 0.5) is 10.1 Å². The normalized spacial score (nSPS) is 12.5. The largest absolute Gasteiger partial charge is 0.465 e. The molecule has 0 spiro atoms. The number of aryl methyl sites for hydroxylation is 1. The number of nitrogens with one attached hydrogen (secondary N) is 1. The maximum absolute atomic E-state index is 13.0. The van der Waals surface area contributed by atoms with Crippen LogP contribution in [0.2, 0.25) is 5.02 Å². The number of benzene rings is 1. The summed E-state index contributed by atoms with van der Waals surface area (Å²) in [5.74, 6) is 0.957. The summed E-state index contributed by atoms with van der Waals surface area (Å²) in [7, 11) is 1.83. The number of hydrogen-bond donors (Lipinski definition) is 1. The quantitative estimate of drug-likeness (QED) is 0.909. The molecule has 118 valence electrons. The molecule has 0 aliphatic heterocycles. The highest BCUT2D eigenvalue weighted by molar-refractivity contribution is 6.33. The van der Waals surface area contributed by atoms with Crippen molar-refractivity contribution in [1.82, 2.24) is 4.90 Å². The maximum atomic E-state index is 13.0. The second-order valence-corrected chi connectivity index (χ2v) is 5.62. The molecule has 2 aromatic rings. The Hall–Kier alpha value is -1.85. The fourth-order valence-corrected chi connectivity index (χ4v) is 2.20. The fraction of sp³-hybridized carbons (Fsp3) is 0.312. The van der Waals surface area contributed by atoms with Crippen LogP contribution in [0.15, 0.2) is 34.7 Å². The van der Waals surface area contributed by atoms with Gasteiger partial charge in [0, 0.05) is 0 Å². The summed E-state index contributed by atoms with van der Waals surface area (Å²) < 4.78 is 18.5. The van der Waals surface area contributed by atoms with Gasteiger partial charge in [0.05, 0.1) is 23.3 Å². The highest BCUT2D eigenvalue weighted by Crippen LogP contribution is 2.23. The number of rotatable bonds is 5. The zero-order valence-corrected chi connectivity index (χ0v) is 13.4. The lowest BCUT2D eigenvalue weighted by Crippen LogP contribution is -2.39. The number of anilines is 1. The third-order valence-corrected chi connectivity index (χ3v) is 3.74. The van der Waals surface area contributed by atoms with E-state index in [-0.39, 0.29) is 10.9 Å². The van der Waals surface area contributed by atoms with E-state index in [9.17, 15) is 9.18 Å². The number of hydrogen-bond acceptors (Lipinski definition) is 3. The Bertz CT molecular complexity index is 672. The molecular weight excluding hydrogens is 307 g/mol. The van der Waals surface area contributed by atoms with Crippen LogP contribution in [0.25, 0.3) is 0 Å². The third-order valence-electron chi connectivity index (χ3n) is 3.43. The minimum atomic E-state index is -0.443. The molecule has 1 aromatic heterocycles. The van der Waals surface area contributed by atoms with Crippen molar-refractivity contribution in [2.45, 2.75) is 26.4 Å². The van der Waals surface area contributed by atoms with E-state index in [0.717, 1.165) is 17.6 Å². The Balaban J connectivity index is 1.98. The summed E-state index contributed by atoms with van der Waals surface area (Å²) >= 11 is 5.91. The van der Waals surface area contributed by atoms with Gasteiger partial charge in [0.15, 0.2) is 0 Å². The highest BCUT2D eigenvalue weighted by atomic mass is 35.5. The minimum absolute atomic E-state index is 0.171. The summed E-state index contributed by atoms with van der Waals surface area (Å²) in [4.78, 5) is 14.1. The van der Waals surface area contributed by atoms with Gasteiger partial charge in [-0.15, -0.1) is 0 Å². The number of furan rings is 1. The van der Waals surface area contributed by atoms with Crippen molar-refractivity contribution in [3.05, 3.63) is 52.7 Å². The lowest BCUT2D eigenvalue weighted by molar-refractivity contribution is -0.120. The average Bonchev–Trinajstić information content (AvgIpc) is 2.86. The smallest absolute Gasteiger partial charge is 0.241 e. The zero-order valence-electron chi connectivity index (χ0n) is 12.7. The molecule has 0 bridgehead atoms. The molecule has 4 nitrogen and oxygen atoms in total. The highest BCUT2D eigenvalue weighted by Gasteiger charge is 2.20. The lowest BCUT2D eigenvalue weighted by atomic mass is 10.2. The summed E-state index contributed by atoms with van der Waals surface area (Å²) in [5, 5.41) is 2.87. The Kier molecular flexibility index (Phi) is 5.21. The number of carbonyl (C=O) groups is 1. The second-order valence-electron chi connectivity index (χ2n) is 5.22. The third kappa shape index (κ3) is 4.08. The first-order valence-electron chi connectivity index (χ1n) is 6.88. The first-order valence-corrected chi connectivity index (χ1v) is 7.26. The molecule has 6 heteroatoms. The van der Waals surface area contributed by atoms with Crippen molar-refractivity contribution >= 4 is 23.2 Å². The van der Waals surface area contributed by atoms with Crippen LogP contribution in [-0.2, 0) is 11.3 Å². The molecule has 0 aliphatic carbocycles. The second kappa shape index (κ2) is 6.94. The van der Waals surface area contributed by atoms with Crippen LogP contribution < -0.4 is 5.32 Å². The van der Waals surface area contributed by atoms with Crippen LogP contribution in [0, 0.1) is 12.7 Å². The number of amides is 1. The molecule has 2 rings (SSSR count). The molecule has 1 atom stereocenters. The van der Waals surface area contributed by atoms with Gasteiger partial charge in [-0.05, 0) is 51.2 Å². The summed E-state index contributed by atoms with van der Waals surface area (Å²) in [5.41, 5.74) is 0.391. The number of carbonyl (C=O) groups excluding carboxylic acids is 1. The first kappa shape index (κ1) is 16.5. The molecule has 1 N–H and O–H groups in total. The van der Waals surface area contributed by atoms with Gasteiger partial charge in [0.1, 0.15) is 17.3 Å². The Labute approximate surface area is 133 Å². The molecule has 0 radical (unpaired) electrons. The topological polar surface area (TPSA) is 45.5 Å². The predicted molar refractivity (Wildman–Crippen MR) is 84.4 cm³/mol. The zero-order chi connectivity index (χ0) is 16.3. The molecule has 22 heavy (non-hydrogen) atoms. The van der Waals surface area contributed by atoms with Gasteiger partial charge >= 0.3 is 0 Å². The van der Waals surface area contributed by atoms with E-state index in [2.05, 4.69) is 5.32 Å². The van der Waals surface area contributed by atoms with Gasteiger partial charge in [0.2, 0.25) is 5.91 Å². The lowest BCUT2D eigenvalue weighted by Gasteiger charge is -2.23. The Morgan fingerprint density at radius 3 is 2.73 bits per heavy atom. The van der Waals surface area contributed by atoms with E-state index in [0.29, 0.717) is 12.2 Å². The molecule has 1 aromatic carbocycles. The van der Waals surface area contributed by atoms with Gasteiger partial charge in [-0.1, -0.05) is 11.6 Å². The molecule has 0 fully saturated rings. The predicted octanol–water partition coefficient (Wildman–Crippen LogP) is 3.84. The van der Waals surface area contributed by atoms with E-state index in [4.69, 9.17) is 16.0 Å². The minimum Gasteiger partial charge on any atom is -0.465 e. The van der Waals surface area contributed by atoms with Crippen molar-refractivity contribution in [1.29, 1.82) is 0 Å². The van der Waals surface area contributed by atoms with Crippen LogP contribution >= 0.6 is 11.6 Å². The molecule has 0 unspecified atom stereocenters. The van der Waals surface area contributed by atoms with Crippen molar-refractivity contribution in [2.24, 2.45) is 0 Å². The first-order chi connectivity index (χ1) is 10.4. The molecule has 0 aliphatic rings. The molecule has 0 saturated heterocycles.